The summed E-state index contributed by atoms with van der Waals surface area (Å²) in [4.78, 5) is 23.8. The maximum Gasteiger partial charge on any atom is 0.303 e. The van der Waals surface area contributed by atoms with Gasteiger partial charge >= 0.3 is 5.97 Å². The minimum Gasteiger partial charge on any atom is -0.481 e. The number of aromatic nitrogens is 1. The summed E-state index contributed by atoms with van der Waals surface area (Å²) in [5.74, 6) is -1.11. The zero-order valence-corrected chi connectivity index (χ0v) is 16.4. The van der Waals surface area contributed by atoms with Crippen molar-refractivity contribution in [3.63, 3.8) is 0 Å². The fraction of sp³-hybridized carbons (Fsp3) is 0.143. The lowest BCUT2D eigenvalue weighted by Crippen LogP contribution is -2.26. The number of hydrogen-bond donors (Lipinski definition) is 2. The summed E-state index contributed by atoms with van der Waals surface area (Å²) in [5.41, 5.74) is 6.83. The zero-order chi connectivity index (χ0) is 19.4. The maximum atomic E-state index is 12.8. The van der Waals surface area contributed by atoms with Crippen LogP contribution < -0.4 is 5.43 Å². The lowest BCUT2D eigenvalue weighted by atomic mass is 10.1. The standard InChI is InChI=1S/C21H19BrN2O3/c1-14-4-2-3-5-18(14)21(27)23-24-17(11-13-20(25)26)10-12-19(24)15-6-8-16(22)9-7-15/h2-10,12H,11,13H2,1H3,(H,23,27)(H,25,26). The van der Waals surface area contributed by atoms with Gasteiger partial charge in [0.05, 0.1) is 12.1 Å². The summed E-state index contributed by atoms with van der Waals surface area (Å²) in [6.07, 6.45) is 0.309. The average molecular weight is 427 g/mol. The summed E-state index contributed by atoms with van der Waals surface area (Å²) in [7, 11) is 0. The topological polar surface area (TPSA) is 71.3 Å². The molecule has 0 bridgehead atoms. The number of hydrogen-bond acceptors (Lipinski definition) is 2. The Labute approximate surface area is 165 Å². The Morgan fingerprint density at radius 2 is 1.74 bits per heavy atom. The van der Waals surface area contributed by atoms with E-state index in [1.54, 1.807) is 10.7 Å². The molecule has 2 N–H and O–H groups in total. The third-order valence-corrected chi connectivity index (χ3v) is 4.83. The minimum absolute atomic E-state index is 0.00989. The smallest absolute Gasteiger partial charge is 0.303 e. The number of nitrogens with one attached hydrogen (secondary N) is 1. The van der Waals surface area contributed by atoms with Gasteiger partial charge in [0.1, 0.15) is 0 Å². The van der Waals surface area contributed by atoms with Crippen molar-refractivity contribution >= 4 is 27.8 Å². The van der Waals surface area contributed by atoms with Crippen LogP contribution in [0.5, 0.6) is 0 Å². The van der Waals surface area contributed by atoms with Crippen molar-refractivity contribution in [2.45, 2.75) is 19.8 Å². The Kier molecular flexibility index (Phi) is 5.76. The molecule has 6 heteroatoms. The van der Waals surface area contributed by atoms with E-state index >= 15 is 0 Å². The van der Waals surface area contributed by atoms with Crippen molar-refractivity contribution in [3.05, 3.63) is 82.0 Å². The summed E-state index contributed by atoms with van der Waals surface area (Å²) in [6.45, 7) is 1.88. The second-order valence-electron chi connectivity index (χ2n) is 6.20. The number of amides is 1. The van der Waals surface area contributed by atoms with Crippen molar-refractivity contribution in [2.24, 2.45) is 0 Å². The molecule has 0 saturated carbocycles. The van der Waals surface area contributed by atoms with Gasteiger partial charge in [-0.15, -0.1) is 0 Å². The summed E-state index contributed by atoms with van der Waals surface area (Å²) in [5, 5.41) is 9.01. The molecule has 138 valence electrons. The van der Waals surface area contributed by atoms with Crippen LogP contribution in [0.15, 0.2) is 65.1 Å². The lowest BCUT2D eigenvalue weighted by molar-refractivity contribution is -0.136. The Bertz CT molecular complexity index is 977. The molecule has 2 aromatic carbocycles. The van der Waals surface area contributed by atoms with Gasteiger partial charge in [-0.2, -0.15) is 0 Å². The van der Waals surface area contributed by atoms with Crippen molar-refractivity contribution in [1.82, 2.24) is 4.68 Å². The molecule has 0 atom stereocenters. The minimum atomic E-state index is -0.877. The van der Waals surface area contributed by atoms with E-state index in [1.807, 2.05) is 61.5 Å². The number of nitrogens with zero attached hydrogens (tertiary/aromatic N) is 1. The van der Waals surface area contributed by atoms with Gasteiger partial charge in [-0.1, -0.05) is 46.3 Å². The first-order valence-electron chi connectivity index (χ1n) is 8.51. The Morgan fingerprint density at radius 3 is 2.41 bits per heavy atom. The number of carboxylic acid groups (broad SMARTS) is 1. The van der Waals surface area contributed by atoms with E-state index in [0.717, 1.165) is 27.0 Å². The summed E-state index contributed by atoms with van der Waals surface area (Å²) in [6, 6.07) is 18.8. The van der Waals surface area contributed by atoms with E-state index in [4.69, 9.17) is 5.11 Å². The molecule has 0 unspecified atom stereocenters. The molecular weight excluding hydrogens is 408 g/mol. The van der Waals surface area contributed by atoms with E-state index in [2.05, 4.69) is 21.4 Å². The highest BCUT2D eigenvalue weighted by Crippen LogP contribution is 2.24. The van der Waals surface area contributed by atoms with Crippen LogP contribution >= 0.6 is 15.9 Å². The average Bonchev–Trinajstić information content (AvgIpc) is 3.03. The number of aryl methyl sites for hydroxylation is 2. The first-order chi connectivity index (χ1) is 13.0. The predicted octanol–water partition coefficient (Wildman–Crippen LogP) is 4.63. The molecule has 0 saturated heterocycles. The molecule has 27 heavy (non-hydrogen) atoms. The van der Waals surface area contributed by atoms with Gasteiger partial charge in [0.15, 0.2) is 0 Å². The van der Waals surface area contributed by atoms with E-state index in [9.17, 15) is 9.59 Å². The van der Waals surface area contributed by atoms with E-state index in [1.165, 1.54) is 0 Å². The normalized spacial score (nSPS) is 10.6. The molecule has 0 radical (unpaired) electrons. The number of halogens is 1. The van der Waals surface area contributed by atoms with Crippen molar-refractivity contribution in [3.8, 4) is 11.3 Å². The predicted molar refractivity (Wildman–Crippen MR) is 108 cm³/mol. The highest BCUT2D eigenvalue weighted by Gasteiger charge is 2.15. The van der Waals surface area contributed by atoms with Crippen LogP contribution in [0.25, 0.3) is 11.3 Å². The second kappa shape index (κ2) is 8.22. The maximum absolute atomic E-state index is 12.8. The Hall–Kier alpha value is -2.86. The quantitative estimate of drug-likeness (QED) is 0.603. The van der Waals surface area contributed by atoms with Crippen LogP contribution in [0.4, 0.5) is 0 Å². The SMILES string of the molecule is Cc1ccccc1C(=O)Nn1c(CCC(=O)O)ccc1-c1ccc(Br)cc1. The largest absolute Gasteiger partial charge is 0.481 e. The number of carbonyl (C=O) groups is 2. The highest BCUT2D eigenvalue weighted by atomic mass is 79.9. The molecular formula is C21H19BrN2O3. The highest BCUT2D eigenvalue weighted by molar-refractivity contribution is 9.10. The molecule has 0 aliphatic heterocycles. The van der Waals surface area contributed by atoms with E-state index in [0.29, 0.717) is 12.0 Å². The molecule has 3 rings (SSSR count). The van der Waals surface area contributed by atoms with Gasteiger partial charge in [-0.3, -0.25) is 19.7 Å². The molecule has 1 aromatic heterocycles. The number of carboxylic acids is 1. The third kappa shape index (κ3) is 4.46. The van der Waals surface area contributed by atoms with Crippen LogP contribution in [-0.4, -0.2) is 21.7 Å². The molecule has 1 heterocycles. The fourth-order valence-corrected chi connectivity index (χ4v) is 3.14. The van der Waals surface area contributed by atoms with Crippen LogP contribution in [0.3, 0.4) is 0 Å². The molecule has 0 spiro atoms. The van der Waals surface area contributed by atoms with E-state index < -0.39 is 5.97 Å². The van der Waals surface area contributed by atoms with Crippen molar-refractivity contribution in [2.75, 3.05) is 5.43 Å². The third-order valence-electron chi connectivity index (χ3n) is 4.30. The van der Waals surface area contributed by atoms with Gasteiger partial charge in [0.2, 0.25) is 0 Å². The van der Waals surface area contributed by atoms with Gasteiger partial charge < -0.3 is 5.11 Å². The van der Waals surface area contributed by atoms with Crippen LogP contribution in [0.2, 0.25) is 0 Å². The molecule has 3 aromatic rings. The first-order valence-corrected chi connectivity index (χ1v) is 9.30. The zero-order valence-electron chi connectivity index (χ0n) is 14.8. The number of benzene rings is 2. The van der Waals surface area contributed by atoms with Gasteiger partial charge in [0, 0.05) is 27.7 Å². The second-order valence-corrected chi connectivity index (χ2v) is 7.12. The molecule has 0 aliphatic carbocycles. The Balaban J connectivity index is 1.98. The van der Waals surface area contributed by atoms with Gasteiger partial charge in [-0.05, 0) is 42.8 Å². The van der Waals surface area contributed by atoms with Crippen molar-refractivity contribution < 1.29 is 14.7 Å². The lowest BCUT2D eigenvalue weighted by Gasteiger charge is -2.16. The Morgan fingerprint density at radius 1 is 1.04 bits per heavy atom. The number of carbonyl (C=O) groups excluding carboxylic acids is 1. The molecule has 0 aliphatic rings. The van der Waals surface area contributed by atoms with Crippen LogP contribution in [-0.2, 0) is 11.2 Å². The van der Waals surface area contributed by atoms with Crippen LogP contribution in [0, 0.1) is 6.92 Å². The monoisotopic (exact) mass is 426 g/mol. The van der Waals surface area contributed by atoms with Gasteiger partial charge in [-0.25, -0.2) is 0 Å². The number of aliphatic carboxylic acids is 1. The van der Waals surface area contributed by atoms with E-state index in [-0.39, 0.29) is 12.3 Å². The van der Waals surface area contributed by atoms with Crippen LogP contribution in [0.1, 0.15) is 28.0 Å². The first kappa shape index (κ1) is 18.9. The summed E-state index contributed by atoms with van der Waals surface area (Å²) < 4.78 is 2.64. The van der Waals surface area contributed by atoms with Gasteiger partial charge in [0.25, 0.3) is 5.91 Å². The molecule has 0 fully saturated rings. The fourth-order valence-electron chi connectivity index (χ4n) is 2.88. The number of rotatable bonds is 6. The summed E-state index contributed by atoms with van der Waals surface area (Å²) >= 11 is 3.42. The van der Waals surface area contributed by atoms with Crippen molar-refractivity contribution in [1.29, 1.82) is 0 Å². The molecule has 5 nitrogen and oxygen atoms in total. The molecule has 1 amide bonds.